The minimum absolute atomic E-state index is 0.0801. The molecule has 0 radical (unpaired) electrons. The number of nitrogens with one attached hydrogen (secondary N) is 2. The number of amides is 1. The predicted octanol–water partition coefficient (Wildman–Crippen LogP) is -2.52. The molecule has 14 heavy (non-hydrogen) atoms. The van der Waals surface area contributed by atoms with Crippen LogP contribution in [-0.2, 0) is 14.6 Å². The minimum Gasteiger partial charge on any atom is -0.395 e. The van der Waals surface area contributed by atoms with Crippen LogP contribution in [0.3, 0.4) is 0 Å². The van der Waals surface area contributed by atoms with Crippen molar-refractivity contribution in [2.45, 2.75) is 6.04 Å². The molecule has 0 bridgehead atoms. The van der Waals surface area contributed by atoms with E-state index in [0.717, 1.165) is 0 Å². The van der Waals surface area contributed by atoms with Crippen LogP contribution in [0.5, 0.6) is 0 Å². The highest BCUT2D eigenvalue weighted by molar-refractivity contribution is 7.91. The van der Waals surface area contributed by atoms with Crippen molar-refractivity contribution < 1.29 is 18.3 Å². The number of carbonyl (C=O) groups is 1. The van der Waals surface area contributed by atoms with Crippen molar-refractivity contribution in [2.75, 3.05) is 31.2 Å². The van der Waals surface area contributed by atoms with Gasteiger partial charge in [0.05, 0.1) is 18.1 Å². The number of aliphatic hydroxyl groups is 1. The maximum absolute atomic E-state index is 11.3. The van der Waals surface area contributed by atoms with Gasteiger partial charge in [-0.1, -0.05) is 0 Å². The lowest BCUT2D eigenvalue weighted by Crippen LogP contribution is -2.53. The van der Waals surface area contributed by atoms with Gasteiger partial charge in [0, 0.05) is 13.1 Å². The quantitative estimate of drug-likeness (QED) is 0.490. The molecule has 1 aliphatic rings. The smallest absolute Gasteiger partial charge is 0.238 e. The highest BCUT2D eigenvalue weighted by atomic mass is 32.2. The summed E-state index contributed by atoms with van der Waals surface area (Å²) in [5.41, 5.74) is 0. The van der Waals surface area contributed by atoms with Crippen LogP contribution in [0, 0.1) is 0 Å². The number of rotatable bonds is 3. The first-order valence-corrected chi connectivity index (χ1v) is 6.20. The molecule has 6 nitrogen and oxygen atoms in total. The van der Waals surface area contributed by atoms with Gasteiger partial charge in [-0.3, -0.25) is 4.79 Å². The summed E-state index contributed by atoms with van der Waals surface area (Å²) in [5, 5.41) is 13.7. The molecule has 0 spiro atoms. The van der Waals surface area contributed by atoms with Crippen molar-refractivity contribution in [3.8, 4) is 0 Å². The lowest BCUT2D eigenvalue weighted by Gasteiger charge is -2.22. The monoisotopic (exact) mass is 222 g/mol. The molecule has 0 aliphatic carbocycles. The fraction of sp³-hybridized carbons (Fsp3) is 0.857. The highest BCUT2D eigenvalue weighted by Crippen LogP contribution is 2.01. The van der Waals surface area contributed by atoms with E-state index in [1.165, 1.54) is 0 Å². The van der Waals surface area contributed by atoms with Gasteiger partial charge in [0.1, 0.15) is 6.04 Å². The molecule has 1 atom stereocenters. The van der Waals surface area contributed by atoms with Crippen LogP contribution >= 0.6 is 0 Å². The van der Waals surface area contributed by atoms with E-state index in [2.05, 4.69) is 10.6 Å². The van der Waals surface area contributed by atoms with Crippen LogP contribution in [0.1, 0.15) is 0 Å². The zero-order valence-corrected chi connectivity index (χ0v) is 8.51. The molecule has 3 N–H and O–H groups in total. The summed E-state index contributed by atoms with van der Waals surface area (Å²) >= 11 is 0. The van der Waals surface area contributed by atoms with E-state index >= 15 is 0 Å². The Balaban J connectivity index is 2.48. The molecule has 1 fully saturated rings. The van der Waals surface area contributed by atoms with E-state index in [9.17, 15) is 13.2 Å². The second-order valence-corrected chi connectivity index (χ2v) is 5.36. The number of aliphatic hydroxyl groups excluding tert-OH is 1. The number of hydrogen-bond donors (Lipinski definition) is 3. The predicted molar refractivity (Wildman–Crippen MR) is 50.5 cm³/mol. The first kappa shape index (κ1) is 11.4. The zero-order valence-electron chi connectivity index (χ0n) is 7.69. The number of hydrogen-bond acceptors (Lipinski definition) is 5. The molecule has 1 heterocycles. The molecule has 1 amide bonds. The average Bonchev–Trinajstić information content (AvgIpc) is 2.12. The van der Waals surface area contributed by atoms with Crippen LogP contribution in [0.15, 0.2) is 0 Å². The van der Waals surface area contributed by atoms with Crippen molar-refractivity contribution in [1.29, 1.82) is 0 Å². The Labute approximate surface area is 82.6 Å². The lowest BCUT2D eigenvalue weighted by molar-refractivity contribution is -0.122. The van der Waals surface area contributed by atoms with Crippen molar-refractivity contribution in [3.63, 3.8) is 0 Å². The summed E-state index contributed by atoms with van der Waals surface area (Å²) < 4.78 is 22.3. The summed E-state index contributed by atoms with van der Waals surface area (Å²) in [7, 11) is -3.09. The van der Waals surface area contributed by atoms with Crippen LogP contribution in [-0.4, -0.2) is 56.7 Å². The second kappa shape index (κ2) is 4.72. The van der Waals surface area contributed by atoms with Crippen LogP contribution in [0.25, 0.3) is 0 Å². The Morgan fingerprint density at radius 2 is 2.29 bits per heavy atom. The number of sulfone groups is 1. The third-order valence-electron chi connectivity index (χ3n) is 1.95. The first-order valence-electron chi connectivity index (χ1n) is 4.37. The van der Waals surface area contributed by atoms with Gasteiger partial charge in [0.15, 0.2) is 9.84 Å². The van der Waals surface area contributed by atoms with Crippen molar-refractivity contribution >= 4 is 15.7 Å². The first-order chi connectivity index (χ1) is 6.55. The van der Waals surface area contributed by atoms with E-state index in [1.54, 1.807) is 0 Å². The van der Waals surface area contributed by atoms with Crippen molar-refractivity contribution in [2.24, 2.45) is 0 Å². The summed E-state index contributed by atoms with van der Waals surface area (Å²) in [6.45, 7) is 0.307. The summed E-state index contributed by atoms with van der Waals surface area (Å²) in [6, 6.07) is -0.680. The molecule has 0 aromatic rings. The normalized spacial score (nSPS) is 25.6. The third-order valence-corrected chi connectivity index (χ3v) is 3.62. The van der Waals surface area contributed by atoms with Gasteiger partial charge in [-0.2, -0.15) is 0 Å². The summed E-state index contributed by atoms with van der Waals surface area (Å²) in [6.07, 6.45) is 0. The van der Waals surface area contributed by atoms with E-state index in [0.29, 0.717) is 6.54 Å². The van der Waals surface area contributed by atoms with Gasteiger partial charge in [-0.25, -0.2) is 8.42 Å². The topological polar surface area (TPSA) is 95.5 Å². The molecule has 82 valence electrons. The molecular formula is C7H14N2O4S. The van der Waals surface area contributed by atoms with Crippen LogP contribution < -0.4 is 10.6 Å². The maximum atomic E-state index is 11.3. The zero-order chi connectivity index (χ0) is 10.6. The molecule has 1 saturated heterocycles. The summed E-state index contributed by atoms with van der Waals surface area (Å²) in [4.78, 5) is 11.3. The third kappa shape index (κ3) is 3.24. The Kier molecular flexibility index (Phi) is 3.85. The molecule has 1 aliphatic heterocycles. The molecule has 1 rings (SSSR count). The van der Waals surface area contributed by atoms with Crippen LogP contribution in [0.4, 0.5) is 0 Å². The molecule has 0 aromatic heterocycles. The maximum Gasteiger partial charge on any atom is 0.238 e. The number of carbonyl (C=O) groups excluding carboxylic acids is 1. The van der Waals surface area contributed by atoms with E-state index < -0.39 is 15.9 Å². The molecule has 0 aromatic carbocycles. The highest BCUT2D eigenvalue weighted by Gasteiger charge is 2.28. The average molecular weight is 222 g/mol. The van der Waals surface area contributed by atoms with Crippen molar-refractivity contribution in [1.82, 2.24) is 10.6 Å². The van der Waals surface area contributed by atoms with Gasteiger partial charge >= 0.3 is 0 Å². The lowest BCUT2D eigenvalue weighted by atomic mass is 10.3. The Morgan fingerprint density at radius 3 is 2.86 bits per heavy atom. The molecule has 1 unspecified atom stereocenters. The van der Waals surface area contributed by atoms with Gasteiger partial charge in [-0.05, 0) is 0 Å². The van der Waals surface area contributed by atoms with Gasteiger partial charge in [0.25, 0.3) is 0 Å². The Hall–Kier alpha value is -0.660. The Morgan fingerprint density at radius 1 is 1.57 bits per heavy atom. The van der Waals surface area contributed by atoms with E-state index in [-0.39, 0.29) is 30.6 Å². The SMILES string of the molecule is O=C(NCCO)C1CS(=O)(=O)CCN1. The van der Waals surface area contributed by atoms with Gasteiger partial charge in [0.2, 0.25) is 5.91 Å². The fourth-order valence-corrected chi connectivity index (χ4v) is 2.63. The van der Waals surface area contributed by atoms with Crippen molar-refractivity contribution in [3.05, 3.63) is 0 Å². The standard InChI is InChI=1S/C7H14N2O4S/c10-3-1-9-7(11)6-5-14(12,13)4-2-8-6/h6,8,10H,1-5H2,(H,9,11). The largest absolute Gasteiger partial charge is 0.395 e. The Bertz CT molecular complexity index is 301. The second-order valence-electron chi connectivity index (χ2n) is 3.14. The minimum atomic E-state index is -3.09. The van der Waals surface area contributed by atoms with E-state index in [4.69, 9.17) is 5.11 Å². The summed E-state index contributed by atoms with van der Waals surface area (Å²) in [5.74, 6) is -0.455. The van der Waals surface area contributed by atoms with Crippen LogP contribution in [0.2, 0.25) is 0 Å². The fourth-order valence-electron chi connectivity index (χ4n) is 1.26. The molecule has 0 saturated carbocycles. The van der Waals surface area contributed by atoms with Gasteiger partial charge < -0.3 is 15.7 Å². The van der Waals surface area contributed by atoms with Gasteiger partial charge in [-0.15, -0.1) is 0 Å². The molecular weight excluding hydrogens is 208 g/mol. The van der Waals surface area contributed by atoms with E-state index in [1.807, 2.05) is 0 Å². The molecule has 7 heteroatoms.